The Bertz CT molecular complexity index is 1400. The Morgan fingerprint density at radius 3 is 2.55 bits per heavy atom. The van der Waals surface area contributed by atoms with Crippen LogP contribution >= 0.6 is 22.9 Å². The predicted octanol–water partition coefficient (Wildman–Crippen LogP) is 4.18. The lowest BCUT2D eigenvalue weighted by atomic mass is 10.1. The van der Waals surface area contributed by atoms with Crippen molar-refractivity contribution in [2.75, 3.05) is 18.9 Å². The molecule has 2 amide bonds. The fourth-order valence-electron chi connectivity index (χ4n) is 3.46. The van der Waals surface area contributed by atoms with Crippen LogP contribution in [0.25, 0.3) is 20.7 Å². The Kier molecular flexibility index (Phi) is 6.57. The van der Waals surface area contributed by atoms with Crippen molar-refractivity contribution in [2.24, 2.45) is 0 Å². The zero-order valence-electron chi connectivity index (χ0n) is 18.0. The number of nitrogens with zero attached hydrogens (tertiary/aromatic N) is 3. The van der Waals surface area contributed by atoms with Gasteiger partial charge in [-0.25, -0.2) is 4.98 Å². The van der Waals surface area contributed by atoms with E-state index in [1.165, 1.54) is 34.2 Å². The van der Waals surface area contributed by atoms with Gasteiger partial charge in [-0.05, 0) is 30.2 Å². The molecule has 0 saturated heterocycles. The second kappa shape index (κ2) is 9.56. The van der Waals surface area contributed by atoms with E-state index in [0.29, 0.717) is 20.9 Å². The summed E-state index contributed by atoms with van der Waals surface area (Å²) in [6.07, 6.45) is 1.38. The average Bonchev–Trinajstić information content (AvgIpc) is 3.14. The number of likely N-dealkylation sites (N-methyl/N-ethyl adjacent to an activating group) is 1. The second-order valence-electron chi connectivity index (χ2n) is 7.56. The number of hydrogen-bond donors (Lipinski definition) is 1. The number of halogens is 1. The molecule has 2 aromatic carbocycles. The Balaban J connectivity index is 1.50. The first-order chi connectivity index (χ1) is 15.8. The molecule has 4 aromatic rings. The van der Waals surface area contributed by atoms with E-state index in [9.17, 15) is 14.4 Å². The van der Waals surface area contributed by atoms with Crippen LogP contribution in [-0.4, -0.2) is 39.9 Å². The molecule has 0 aliphatic heterocycles. The van der Waals surface area contributed by atoms with Gasteiger partial charge in [0.05, 0.1) is 29.0 Å². The average molecular weight is 481 g/mol. The number of anilines is 1. The number of carbonyl (C=O) groups is 2. The first-order valence-corrected chi connectivity index (χ1v) is 11.4. The van der Waals surface area contributed by atoms with E-state index in [-0.39, 0.29) is 30.5 Å². The highest BCUT2D eigenvalue weighted by Gasteiger charge is 2.19. The summed E-state index contributed by atoms with van der Waals surface area (Å²) in [5.74, 6) is -0.773. The topological polar surface area (TPSA) is 84.3 Å². The third-order valence-corrected chi connectivity index (χ3v) is 6.79. The van der Waals surface area contributed by atoms with E-state index in [0.717, 1.165) is 16.0 Å². The summed E-state index contributed by atoms with van der Waals surface area (Å²) in [5, 5.41) is 3.59. The number of para-hydroxylation sites is 1. The monoisotopic (exact) mass is 480 g/mol. The molecule has 168 valence electrons. The van der Waals surface area contributed by atoms with Crippen LogP contribution in [0.2, 0.25) is 5.02 Å². The minimum atomic E-state index is -0.388. The quantitative estimate of drug-likeness (QED) is 0.448. The van der Waals surface area contributed by atoms with E-state index in [1.54, 1.807) is 24.3 Å². The molecule has 2 aromatic heterocycles. The van der Waals surface area contributed by atoms with Crippen LogP contribution in [0.3, 0.4) is 0 Å². The minimum Gasteiger partial charge on any atom is -0.335 e. The van der Waals surface area contributed by atoms with Crippen molar-refractivity contribution in [1.29, 1.82) is 0 Å². The first kappa shape index (κ1) is 22.7. The summed E-state index contributed by atoms with van der Waals surface area (Å²) in [4.78, 5) is 45.4. The second-order valence-corrected chi connectivity index (χ2v) is 8.96. The lowest BCUT2D eigenvalue weighted by Crippen LogP contribution is -2.38. The van der Waals surface area contributed by atoms with Crippen LogP contribution in [-0.2, 0) is 16.1 Å². The Morgan fingerprint density at radius 1 is 1.12 bits per heavy atom. The highest BCUT2D eigenvalue weighted by atomic mass is 35.5. The lowest BCUT2D eigenvalue weighted by molar-refractivity contribution is -0.133. The summed E-state index contributed by atoms with van der Waals surface area (Å²) in [5.41, 5.74) is 2.05. The van der Waals surface area contributed by atoms with Crippen molar-refractivity contribution in [3.8, 4) is 10.4 Å². The highest BCUT2D eigenvalue weighted by molar-refractivity contribution is 7.22. The molecular formula is C24H21ClN4O3S. The molecule has 4 rings (SSSR count). The number of amides is 2. The molecule has 0 bridgehead atoms. The third kappa shape index (κ3) is 4.81. The van der Waals surface area contributed by atoms with E-state index >= 15 is 0 Å². The van der Waals surface area contributed by atoms with Crippen molar-refractivity contribution < 1.29 is 9.59 Å². The summed E-state index contributed by atoms with van der Waals surface area (Å²) >= 11 is 7.51. The summed E-state index contributed by atoms with van der Waals surface area (Å²) in [6, 6.07) is 16.7. The molecule has 0 unspecified atom stereocenters. The maximum Gasteiger partial charge on any atom is 0.262 e. The molecule has 0 spiro atoms. The molecule has 0 atom stereocenters. The third-order valence-electron chi connectivity index (χ3n) is 5.21. The number of benzene rings is 2. The minimum absolute atomic E-state index is 0.176. The van der Waals surface area contributed by atoms with E-state index in [4.69, 9.17) is 11.6 Å². The Labute approximate surface area is 199 Å². The number of rotatable bonds is 6. The van der Waals surface area contributed by atoms with Gasteiger partial charge in [-0.2, -0.15) is 0 Å². The van der Waals surface area contributed by atoms with Crippen molar-refractivity contribution >= 4 is 50.7 Å². The SMILES string of the molecule is Cc1c(-c2ccccc2)sc2ncn(CC(=O)N(C)CC(=O)Nc3ccccc3Cl)c(=O)c12. The molecule has 7 nitrogen and oxygen atoms in total. The van der Waals surface area contributed by atoms with Gasteiger partial charge >= 0.3 is 0 Å². The van der Waals surface area contributed by atoms with Crippen LogP contribution in [0, 0.1) is 6.92 Å². The number of nitrogens with one attached hydrogen (secondary N) is 1. The van der Waals surface area contributed by atoms with E-state index < -0.39 is 0 Å². The number of carbonyl (C=O) groups excluding carboxylic acids is 2. The number of hydrogen-bond acceptors (Lipinski definition) is 5. The fourth-order valence-corrected chi connectivity index (χ4v) is 4.79. The van der Waals surface area contributed by atoms with E-state index in [1.807, 2.05) is 37.3 Å². The molecule has 0 saturated carbocycles. The van der Waals surface area contributed by atoms with Crippen LogP contribution in [0.5, 0.6) is 0 Å². The van der Waals surface area contributed by atoms with Gasteiger partial charge in [-0.3, -0.25) is 19.0 Å². The van der Waals surface area contributed by atoms with Crippen LogP contribution in [0.4, 0.5) is 5.69 Å². The zero-order chi connectivity index (χ0) is 23.5. The summed E-state index contributed by atoms with van der Waals surface area (Å²) < 4.78 is 1.28. The normalized spacial score (nSPS) is 10.9. The van der Waals surface area contributed by atoms with Crippen molar-refractivity contribution in [3.05, 3.63) is 81.9 Å². The molecule has 1 N–H and O–H groups in total. The number of aryl methyl sites for hydroxylation is 1. The van der Waals surface area contributed by atoms with Crippen molar-refractivity contribution in [2.45, 2.75) is 13.5 Å². The number of aromatic nitrogens is 2. The van der Waals surface area contributed by atoms with Gasteiger partial charge in [0.1, 0.15) is 11.4 Å². The Morgan fingerprint density at radius 2 is 1.82 bits per heavy atom. The zero-order valence-corrected chi connectivity index (χ0v) is 19.6. The molecule has 33 heavy (non-hydrogen) atoms. The molecule has 0 aliphatic rings. The Hall–Kier alpha value is -3.49. The standard InChI is InChI=1S/C24H21ClN4O3S/c1-15-21-23(33-22(15)16-8-4-3-5-9-16)26-14-29(24(21)32)13-20(31)28(2)12-19(30)27-18-11-7-6-10-17(18)25/h3-11,14H,12-13H2,1-2H3,(H,27,30). The molecule has 0 fully saturated rings. The van der Waals surface area contributed by atoms with Gasteiger partial charge < -0.3 is 10.2 Å². The molecule has 0 radical (unpaired) electrons. The van der Waals surface area contributed by atoms with Crippen LogP contribution in [0.1, 0.15) is 5.56 Å². The molecule has 2 heterocycles. The highest BCUT2D eigenvalue weighted by Crippen LogP contribution is 2.35. The maximum absolute atomic E-state index is 13.1. The van der Waals surface area contributed by atoms with Crippen LogP contribution in [0.15, 0.2) is 65.7 Å². The van der Waals surface area contributed by atoms with E-state index in [2.05, 4.69) is 10.3 Å². The van der Waals surface area contributed by atoms with Crippen molar-refractivity contribution in [1.82, 2.24) is 14.5 Å². The van der Waals surface area contributed by atoms with Gasteiger partial charge in [0.2, 0.25) is 11.8 Å². The fraction of sp³-hybridized carbons (Fsp3) is 0.167. The summed E-state index contributed by atoms with van der Waals surface area (Å²) in [7, 11) is 1.51. The van der Waals surface area contributed by atoms with Gasteiger partial charge in [0, 0.05) is 11.9 Å². The van der Waals surface area contributed by atoms with Gasteiger partial charge in [-0.1, -0.05) is 54.1 Å². The lowest BCUT2D eigenvalue weighted by Gasteiger charge is -2.17. The molecular weight excluding hydrogens is 460 g/mol. The predicted molar refractivity (Wildman–Crippen MR) is 132 cm³/mol. The van der Waals surface area contributed by atoms with Crippen molar-refractivity contribution in [3.63, 3.8) is 0 Å². The molecule has 9 heteroatoms. The maximum atomic E-state index is 13.1. The molecule has 0 aliphatic carbocycles. The van der Waals surface area contributed by atoms with Gasteiger partial charge in [0.15, 0.2) is 0 Å². The number of fused-ring (bicyclic) bond motifs is 1. The summed E-state index contributed by atoms with van der Waals surface area (Å²) in [6.45, 7) is 1.50. The first-order valence-electron chi connectivity index (χ1n) is 10.2. The van der Waals surface area contributed by atoms with Crippen LogP contribution < -0.4 is 10.9 Å². The number of thiophene rings is 1. The van der Waals surface area contributed by atoms with Gasteiger partial charge in [-0.15, -0.1) is 11.3 Å². The van der Waals surface area contributed by atoms with Gasteiger partial charge in [0.25, 0.3) is 5.56 Å². The largest absolute Gasteiger partial charge is 0.335 e. The smallest absolute Gasteiger partial charge is 0.262 e.